The smallest absolute Gasteiger partial charge is 0.349 e. The summed E-state index contributed by atoms with van der Waals surface area (Å²) in [4.78, 5) is 11.6. The molecule has 0 saturated carbocycles. The number of anilines is 1. The number of imidazole rings is 1. The largest absolute Gasteiger partial charge is 0.430 e. The highest BCUT2D eigenvalue weighted by Crippen LogP contribution is 2.32. The zero-order valence-corrected chi connectivity index (χ0v) is 14.1. The molecule has 0 aliphatic carbocycles. The predicted molar refractivity (Wildman–Crippen MR) is 95.7 cm³/mol. The standard InChI is InChI=1S/C18H12F4N6/c1-9(18(20,21)22)25-14-8-24-28-16(14)17-26-13-7-23-6-12(15(13)27-17)10-3-2-4-11(19)5-10/h2-8,25H,1H2,(H,24,28)(H,26,27). The van der Waals surface area contributed by atoms with E-state index in [1.165, 1.54) is 24.5 Å². The molecule has 10 heteroatoms. The number of nitrogens with zero attached hydrogens (tertiary/aromatic N) is 3. The summed E-state index contributed by atoms with van der Waals surface area (Å²) in [5, 5.41) is 8.58. The number of hydrogen-bond acceptors (Lipinski definition) is 4. The number of halogens is 4. The van der Waals surface area contributed by atoms with Crippen LogP contribution in [0.1, 0.15) is 0 Å². The lowest BCUT2D eigenvalue weighted by Gasteiger charge is -2.11. The van der Waals surface area contributed by atoms with Gasteiger partial charge in [0, 0.05) is 11.8 Å². The summed E-state index contributed by atoms with van der Waals surface area (Å²) >= 11 is 0. The molecule has 28 heavy (non-hydrogen) atoms. The Kier molecular flexibility index (Phi) is 4.10. The summed E-state index contributed by atoms with van der Waals surface area (Å²) in [5.74, 6) is -0.161. The first-order chi connectivity index (χ1) is 13.3. The Bertz CT molecular complexity index is 1170. The van der Waals surface area contributed by atoms with Gasteiger partial charge in [-0.25, -0.2) is 9.37 Å². The molecular weight excluding hydrogens is 376 g/mol. The quantitative estimate of drug-likeness (QED) is 0.445. The average Bonchev–Trinajstić information content (AvgIpc) is 3.26. The van der Waals surface area contributed by atoms with Gasteiger partial charge in [0.1, 0.15) is 17.2 Å². The second-order valence-electron chi connectivity index (χ2n) is 5.94. The predicted octanol–water partition coefficient (Wildman–Crippen LogP) is 4.64. The number of rotatable bonds is 4. The SMILES string of the molecule is C=C(Nc1cn[nH]c1-c1nc2c(-c3cccc(F)c3)cncc2[nH]1)C(F)(F)F. The number of nitrogens with one attached hydrogen (secondary N) is 3. The van der Waals surface area contributed by atoms with Crippen molar-refractivity contribution in [2.45, 2.75) is 6.18 Å². The normalized spacial score (nSPS) is 11.7. The summed E-state index contributed by atoms with van der Waals surface area (Å²) in [7, 11) is 0. The van der Waals surface area contributed by atoms with Gasteiger partial charge < -0.3 is 10.3 Å². The molecule has 1 aromatic carbocycles. The lowest BCUT2D eigenvalue weighted by Crippen LogP contribution is -2.17. The van der Waals surface area contributed by atoms with Crippen molar-refractivity contribution in [3.8, 4) is 22.6 Å². The highest BCUT2D eigenvalue weighted by Gasteiger charge is 2.33. The van der Waals surface area contributed by atoms with Gasteiger partial charge in [-0.15, -0.1) is 0 Å². The van der Waals surface area contributed by atoms with Gasteiger partial charge in [0.15, 0.2) is 5.82 Å². The maximum Gasteiger partial charge on any atom is 0.430 e. The van der Waals surface area contributed by atoms with Crippen LogP contribution in [0, 0.1) is 5.82 Å². The molecule has 0 bridgehead atoms. The van der Waals surface area contributed by atoms with Crippen LogP contribution in [0.25, 0.3) is 33.7 Å². The van der Waals surface area contributed by atoms with Crippen LogP contribution in [-0.2, 0) is 0 Å². The number of alkyl halides is 3. The first kappa shape index (κ1) is 17.7. The molecule has 0 amide bonds. The molecule has 3 aromatic heterocycles. The highest BCUT2D eigenvalue weighted by atomic mass is 19.4. The Morgan fingerprint density at radius 1 is 1.14 bits per heavy atom. The molecule has 4 rings (SSSR count). The molecule has 3 N–H and O–H groups in total. The summed E-state index contributed by atoms with van der Waals surface area (Å²) in [6.45, 7) is 2.99. The lowest BCUT2D eigenvalue weighted by molar-refractivity contribution is -0.0898. The molecule has 0 atom stereocenters. The molecule has 0 spiro atoms. The number of pyridine rings is 1. The van der Waals surface area contributed by atoms with Crippen LogP contribution in [0.15, 0.2) is 55.1 Å². The zero-order chi connectivity index (χ0) is 19.9. The van der Waals surface area contributed by atoms with Crippen LogP contribution >= 0.6 is 0 Å². The van der Waals surface area contributed by atoms with Gasteiger partial charge >= 0.3 is 6.18 Å². The Labute approximate surface area is 155 Å². The monoisotopic (exact) mass is 388 g/mol. The number of H-pyrrole nitrogens is 2. The van der Waals surface area contributed by atoms with Gasteiger partial charge in [-0.3, -0.25) is 10.1 Å². The third-order valence-electron chi connectivity index (χ3n) is 4.03. The summed E-state index contributed by atoms with van der Waals surface area (Å²) in [6, 6.07) is 5.95. The molecule has 0 unspecified atom stereocenters. The van der Waals surface area contributed by atoms with Crippen molar-refractivity contribution in [1.82, 2.24) is 25.1 Å². The molecule has 0 saturated heterocycles. The van der Waals surface area contributed by atoms with Crippen LogP contribution in [0.4, 0.5) is 23.2 Å². The number of aromatic amines is 2. The molecule has 3 heterocycles. The van der Waals surface area contributed by atoms with Crippen molar-refractivity contribution in [3.05, 3.63) is 60.9 Å². The van der Waals surface area contributed by atoms with E-state index in [0.29, 0.717) is 22.2 Å². The first-order valence-electron chi connectivity index (χ1n) is 7.99. The molecule has 6 nitrogen and oxygen atoms in total. The van der Waals surface area contributed by atoms with E-state index in [1.807, 2.05) is 0 Å². The molecule has 0 aliphatic heterocycles. The Morgan fingerprint density at radius 2 is 1.96 bits per heavy atom. The fourth-order valence-electron chi connectivity index (χ4n) is 2.71. The van der Waals surface area contributed by atoms with Crippen LogP contribution in [-0.4, -0.2) is 31.3 Å². The van der Waals surface area contributed by atoms with E-state index in [2.05, 4.69) is 37.0 Å². The first-order valence-corrected chi connectivity index (χ1v) is 7.99. The van der Waals surface area contributed by atoms with Crippen molar-refractivity contribution in [2.75, 3.05) is 5.32 Å². The highest BCUT2D eigenvalue weighted by molar-refractivity contribution is 5.93. The maximum absolute atomic E-state index is 13.6. The van der Waals surface area contributed by atoms with Crippen molar-refractivity contribution in [3.63, 3.8) is 0 Å². The van der Waals surface area contributed by atoms with E-state index in [-0.39, 0.29) is 17.2 Å². The van der Waals surface area contributed by atoms with Gasteiger partial charge in [-0.05, 0) is 17.7 Å². The summed E-state index contributed by atoms with van der Waals surface area (Å²) < 4.78 is 51.9. The molecular formula is C18H12F4N6. The average molecular weight is 388 g/mol. The van der Waals surface area contributed by atoms with Gasteiger partial charge in [0.25, 0.3) is 0 Å². The third kappa shape index (κ3) is 3.20. The molecule has 4 aromatic rings. The molecule has 0 aliphatic rings. The number of hydrogen-bond donors (Lipinski definition) is 3. The fraction of sp³-hybridized carbons (Fsp3) is 0.0556. The van der Waals surface area contributed by atoms with Gasteiger partial charge in [-0.2, -0.15) is 18.3 Å². The van der Waals surface area contributed by atoms with Crippen LogP contribution in [0.2, 0.25) is 0 Å². The summed E-state index contributed by atoms with van der Waals surface area (Å²) in [6.07, 6.45) is -0.339. The summed E-state index contributed by atoms with van der Waals surface area (Å²) in [5.41, 5.74) is 1.32. The van der Waals surface area contributed by atoms with E-state index >= 15 is 0 Å². The van der Waals surface area contributed by atoms with Crippen LogP contribution in [0.3, 0.4) is 0 Å². The Morgan fingerprint density at radius 3 is 2.71 bits per heavy atom. The second-order valence-corrected chi connectivity index (χ2v) is 5.94. The Hall–Kier alpha value is -3.69. The van der Waals surface area contributed by atoms with E-state index in [0.717, 1.165) is 0 Å². The van der Waals surface area contributed by atoms with Crippen molar-refractivity contribution in [1.29, 1.82) is 0 Å². The number of fused-ring (bicyclic) bond motifs is 1. The minimum absolute atomic E-state index is 0.0571. The van der Waals surface area contributed by atoms with Crippen molar-refractivity contribution in [2.24, 2.45) is 0 Å². The lowest BCUT2D eigenvalue weighted by atomic mass is 10.1. The van der Waals surface area contributed by atoms with E-state index in [4.69, 9.17) is 0 Å². The number of allylic oxidation sites excluding steroid dienone is 1. The second kappa shape index (κ2) is 6.48. The van der Waals surface area contributed by atoms with Gasteiger partial charge in [-0.1, -0.05) is 18.7 Å². The van der Waals surface area contributed by atoms with Gasteiger partial charge in [0.05, 0.1) is 29.1 Å². The molecule has 0 radical (unpaired) electrons. The number of aromatic nitrogens is 5. The third-order valence-corrected chi connectivity index (χ3v) is 4.03. The minimum atomic E-state index is -4.60. The van der Waals surface area contributed by atoms with Crippen LogP contribution in [0.5, 0.6) is 0 Å². The van der Waals surface area contributed by atoms with Crippen LogP contribution < -0.4 is 5.32 Å². The molecule has 142 valence electrons. The fourth-order valence-corrected chi connectivity index (χ4v) is 2.71. The van der Waals surface area contributed by atoms with Crippen molar-refractivity contribution >= 4 is 16.7 Å². The Balaban J connectivity index is 1.77. The van der Waals surface area contributed by atoms with Gasteiger partial charge in [0.2, 0.25) is 0 Å². The number of benzene rings is 1. The maximum atomic E-state index is 13.6. The van der Waals surface area contributed by atoms with Crippen molar-refractivity contribution < 1.29 is 17.6 Å². The zero-order valence-electron chi connectivity index (χ0n) is 14.1. The van der Waals surface area contributed by atoms with E-state index in [1.54, 1.807) is 18.3 Å². The van der Waals surface area contributed by atoms with E-state index in [9.17, 15) is 17.6 Å². The van der Waals surface area contributed by atoms with E-state index < -0.39 is 17.7 Å². The molecule has 0 fully saturated rings. The minimum Gasteiger partial charge on any atom is -0.349 e. The topological polar surface area (TPSA) is 82.3 Å².